The number of nitrogens with zero attached hydrogens (tertiary/aromatic N) is 1. The zero-order valence-electron chi connectivity index (χ0n) is 12.6. The van der Waals surface area contributed by atoms with E-state index in [2.05, 4.69) is 26.2 Å². The van der Waals surface area contributed by atoms with Crippen molar-refractivity contribution in [2.24, 2.45) is 0 Å². The van der Waals surface area contributed by atoms with Crippen LogP contribution in [0.3, 0.4) is 0 Å². The maximum absolute atomic E-state index is 12.4. The summed E-state index contributed by atoms with van der Waals surface area (Å²) in [5.41, 5.74) is 0.840. The van der Waals surface area contributed by atoms with Crippen molar-refractivity contribution in [3.05, 3.63) is 50.1 Å². The third-order valence-corrected chi connectivity index (χ3v) is 7.00. The van der Waals surface area contributed by atoms with Crippen molar-refractivity contribution in [3.63, 3.8) is 0 Å². The van der Waals surface area contributed by atoms with E-state index in [4.69, 9.17) is 11.6 Å². The maximum Gasteiger partial charge on any atom is 0.259 e. The Morgan fingerprint density at radius 2 is 2.04 bits per heavy atom. The van der Waals surface area contributed by atoms with Gasteiger partial charge < -0.3 is 0 Å². The summed E-state index contributed by atoms with van der Waals surface area (Å²) >= 11 is 12.2. The predicted molar refractivity (Wildman–Crippen MR) is 106 cm³/mol. The molecule has 2 heterocycles. The van der Waals surface area contributed by atoms with E-state index in [1.165, 1.54) is 40.9 Å². The van der Waals surface area contributed by atoms with Gasteiger partial charge in [-0.2, -0.15) is 0 Å². The summed E-state index contributed by atoms with van der Waals surface area (Å²) in [6.07, 6.45) is 1.07. The second-order valence-electron chi connectivity index (χ2n) is 5.01. The van der Waals surface area contributed by atoms with Crippen molar-refractivity contribution >= 4 is 71.1 Å². The van der Waals surface area contributed by atoms with Crippen LogP contribution in [-0.4, -0.2) is 25.6 Å². The quantitative estimate of drug-likeness (QED) is 0.577. The second kappa shape index (κ2) is 7.16. The number of carbonyl (C=O) groups excluding carboxylic acids is 1. The van der Waals surface area contributed by atoms with Crippen LogP contribution < -0.4 is 5.32 Å². The van der Waals surface area contributed by atoms with Gasteiger partial charge in [0.05, 0.1) is 29.8 Å². The Bertz CT molecular complexity index is 1060. The average Bonchev–Trinajstić information content (AvgIpc) is 3.15. The largest absolute Gasteiger partial charge is 0.298 e. The third kappa shape index (κ3) is 4.29. The molecule has 1 N–H and O–H groups in total. The van der Waals surface area contributed by atoms with Gasteiger partial charge in [0.25, 0.3) is 5.91 Å². The van der Waals surface area contributed by atoms with Gasteiger partial charge in [-0.3, -0.25) is 10.1 Å². The van der Waals surface area contributed by atoms with Crippen LogP contribution in [0.4, 0.5) is 5.13 Å². The Balaban J connectivity index is 1.85. The monoisotopic (exact) mass is 476 g/mol. The molecule has 130 valence electrons. The van der Waals surface area contributed by atoms with Crippen LogP contribution in [0.5, 0.6) is 0 Å². The standard InChI is InChI=1S/C15H10BrClN2O3S3/c1-25(21,22)8-2-3-10(17)9(6-8)14(20)19-15-18-11(7-23-15)12-4-5-13(16)24-12/h2-7H,1H3,(H,18,19,20). The van der Waals surface area contributed by atoms with E-state index in [1.807, 2.05) is 17.5 Å². The summed E-state index contributed by atoms with van der Waals surface area (Å²) in [6, 6.07) is 7.88. The molecule has 0 fully saturated rings. The topological polar surface area (TPSA) is 76.1 Å². The van der Waals surface area contributed by atoms with Crippen LogP contribution in [0.1, 0.15) is 10.4 Å². The van der Waals surface area contributed by atoms with Gasteiger partial charge in [0.1, 0.15) is 0 Å². The lowest BCUT2D eigenvalue weighted by Gasteiger charge is -2.06. The molecule has 3 aromatic rings. The van der Waals surface area contributed by atoms with Gasteiger partial charge in [0.15, 0.2) is 15.0 Å². The fourth-order valence-electron chi connectivity index (χ4n) is 1.97. The molecule has 5 nitrogen and oxygen atoms in total. The molecule has 0 aliphatic heterocycles. The van der Waals surface area contributed by atoms with E-state index in [0.29, 0.717) is 5.13 Å². The summed E-state index contributed by atoms with van der Waals surface area (Å²) in [5, 5.41) is 5.07. The normalized spacial score (nSPS) is 11.5. The van der Waals surface area contributed by atoms with E-state index < -0.39 is 15.7 Å². The number of thiazole rings is 1. The summed E-state index contributed by atoms with van der Waals surface area (Å²) < 4.78 is 24.3. The first-order valence-electron chi connectivity index (χ1n) is 6.76. The molecule has 2 aromatic heterocycles. The first kappa shape index (κ1) is 18.5. The van der Waals surface area contributed by atoms with Gasteiger partial charge in [0, 0.05) is 11.6 Å². The molecule has 0 spiro atoms. The van der Waals surface area contributed by atoms with E-state index >= 15 is 0 Å². The van der Waals surface area contributed by atoms with E-state index in [9.17, 15) is 13.2 Å². The van der Waals surface area contributed by atoms with Crippen molar-refractivity contribution in [1.82, 2.24) is 4.98 Å². The van der Waals surface area contributed by atoms with Gasteiger partial charge in [-0.15, -0.1) is 22.7 Å². The second-order valence-corrected chi connectivity index (χ2v) is 10.8. The molecule has 25 heavy (non-hydrogen) atoms. The number of thiophene rings is 1. The number of rotatable bonds is 4. The molecule has 0 unspecified atom stereocenters. The number of aromatic nitrogens is 1. The fraction of sp³-hybridized carbons (Fsp3) is 0.0667. The molecule has 0 radical (unpaired) electrons. The predicted octanol–water partition coefficient (Wildman–Crippen LogP) is 4.94. The van der Waals surface area contributed by atoms with Crippen LogP contribution in [0, 0.1) is 0 Å². The number of halogens is 2. The van der Waals surface area contributed by atoms with Gasteiger partial charge in [-0.1, -0.05) is 11.6 Å². The fourth-order valence-corrected chi connectivity index (χ4v) is 4.95. The van der Waals surface area contributed by atoms with Crippen molar-refractivity contribution < 1.29 is 13.2 Å². The Hall–Kier alpha value is -1.26. The molecule has 0 aliphatic carbocycles. The Morgan fingerprint density at radius 1 is 1.28 bits per heavy atom. The van der Waals surface area contributed by atoms with Crippen molar-refractivity contribution in [1.29, 1.82) is 0 Å². The van der Waals surface area contributed by atoms with Crippen LogP contribution in [0.15, 0.2) is 44.4 Å². The Kier molecular flexibility index (Phi) is 5.31. The summed E-state index contributed by atoms with van der Waals surface area (Å²) in [6.45, 7) is 0. The molecular weight excluding hydrogens is 468 g/mol. The van der Waals surface area contributed by atoms with E-state index in [1.54, 1.807) is 0 Å². The first-order chi connectivity index (χ1) is 11.7. The van der Waals surface area contributed by atoms with Gasteiger partial charge in [-0.25, -0.2) is 13.4 Å². The Labute approximate surface area is 165 Å². The first-order valence-corrected chi connectivity index (χ1v) is 11.5. The smallest absolute Gasteiger partial charge is 0.259 e. The molecule has 0 aliphatic rings. The van der Waals surface area contributed by atoms with E-state index in [0.717, 1.165) is 20.6 Å². The molecule has 1 amide bonds. The third-order valence-electron chi connectivity index (χ3n) is 3.16. The average molecular weight is 478 g/mol. The number of hydrogen-bond acceptors (Lipinski definition) is 6. The van der Waals surface area contributed by atoms with E-state index in [-0.39, 0.29) is 15.5 Å². The molecule has 1 aromatic carbocycles. The van der Waals surface area contributed by atoms with Crippen molar-refractivity contribution in [2.75, 3.05) is 11.6 Å². The lowest BCUT2D eigenvalue weighted by atomic mass is 10.2. The highest BCUT2D eigenvalue weighted by Gasteiger charge is 2.17. The molecule has 0 atom stereocenters. The highest BCUT2D eigenvalue weighted by atomic mass is 79.9. The minimum Gasteiger partial charge on any atom is -0.298 e. The van der Waals surface area contributed by atoms with Crippen LogP contribution in [-0.2, 0) is 9.84 Å². The molecule has 0 bridgehead atoms. The highest BCUT2D eigenvalue weighted by molar-refractivity contribution is 9.11. The van der Waals surface area contributed by atoms with Crippen LogP contribution in [0.25, 0.3) is 10.6 Å². The van der Waals surface area contributed by atoms with Gasteiger partial charge in [0.2, 0.25) is 0 Å². The van der Waals surface area contributed by atoms with Crippen LogP contribution in [0.2, 0.25) is 5.02 Å². The lowest BCUT2D eigenvalue weighted by molar-refractivity contribution is 0.102. The SMILES string of the molecule is CS(=O)(=O)c1ccc(Cl)c(C(=O)Nc2nc(-c3ccc(Br)s3)cs2)c1. The molecule has 3 rings (SSSR count). The van der Waals surface area contributed by atoms with Crippen LogP contribution >= 0.6 is 50.2 Å². The molecular formula is C15H10BrClN2O3S3. The number of benzene rings is 1. The zero-order valence-corrected chi connectivity index (χ0v) is 17.4. The summed E-state index contributed by atoms with van der Waals surface area (Å²) in [7, 11) is -3.43. The number of carbonyl (C=O) groups is 1. The summed E-state index contributed by atoms with van der Waals surface area (Å²) in [5.74, 6) is -0.510. The van der Waals surface area contributed by atoms with Crippen molar-refractivity contribution in [3.8, 4) is 10.6 Å². The molecule has 0 saturated heterocycles. The number of hydrogen-bond donors (Lipinski definition) is 1. The maximum atomic E-state index is 12.4. The minimum atomic E-state index is -3.43. The Morgan fingerprint density at radius 3 is 2.68 bits per heavy atom. The number of amides is 1. The zero-order chi connectivity index (χ0) is 18.2. The number of anilines is 1. The highest BCUT2D eigenvalue weighted by Crippen LogP contribution is 2.33. The summed E-state index contributed by atoms with van der Waals surface area (Å²) in [4.78, 5) is 17.8. The van der Waals surface area contributed by atoms with Gasteiger partial charge in [-0.05, 0) is 46.3 Å². The van der Waals surface area contributed by atoms with Crippen molar-refractivity contribution in [2.45, 2.75) is 4.90 Å². The van der Waals surface area contributed by atoms with Gasteiger partial charge >= 0.3 is 0 Å². The molecule has 0 saturated carbocycles. The number of sulfone groups is 1. The number of nitrogens with one attached hydrogen (secondary N) is 1. The lowest BCUT2D eigenvalue weighted by Crippen LogP contribution is -2.13. The molecule has 10 heteroatoms. The minimum absolute atomic E-state index is 0.0327.